The average Bonchev–Trinajstić information content (AvgIpc) is 2.72. The van der Waals surface area contributed by atoms with E-state index in [4.69, 9.17) is 9.15 Å². The molecule has 0 radical (unpaired) electrons. The second-order valence-corrected chi connectivity index (χ2v) is 5.46. The van der Waals surface area contributed by atoms with E-state index in [1.54, 1.807) is 7.11 Å². The maximum atomic E-state index is 11.6. The molecule has 0 unspecified atom stereocenters. The monoisotopic (exact) mass is 287 g/mol. The predicted molar refractivity (Wildman–Crippen MR) is 77.4 cm³/mol. The number of fused-ring (bicyclic) bond motifs is 1. The van der Waals surface area contributed by atoms with Crippen LogP contribution in [0.5, 0.6) is 5.75 Å². The van der Waals surface area contributed by atoms with Crippen LogP contribution in [0.1, 0.15) is 35.6 Å². The minimum absolute atomic E-state index is 0.112. The van der Waals surface area contributed by atoms with Crippen molar-refractivity contribution in [1.82, 2.24) is 5.32 Å². The van der Waals surface area contributed by atoms with E-state index in [0.29, 0.717) is 24.2 Å². The van der Waals surface area contributed by atoms with Gasteiger partial charge in [0.2, 0.25) is 11.8 Å². The van der Waals surface area contributed by atoms with Crippen molar-refractivity contribution in [1.29, 1.82) is 0 Å². The molecule has 5 heteroatoms. The van der Waals surface area contributed by atoms with Crippen molar-refractivity contribution in [2.45, 2.75) is 32.6 Å². The first kappa shape index (κ1) is 13.7. The third kappa shape index (κ3) is 2.28. The molecule has 5 nitrogen and oxygen atoms in total. The lowest BCUT2D eigenvalue weighted by molar-refractivity contribution is -0.133. The van der Waals surface area contributed by atoms with Gasteiger partial charge in [-0.15, -0.1) is 0 Å². The summed E-state index contributed by atoms with van der Waals surface area (Å²) in [6, 6.07) is 3.86. The fourth-order valence-corrected chi connectivity index (χ4v) is 2.83. The first-order valence-electron chi connectivity index (χ1n) is 6.90. The molecule has 21 heavy (non-hydrogen) atoms. The van der Waals surface area contributed by atoms with Crippen molar-refractivity contribution in [3.8, 4) is 5.75 Å². The molecule has 1 aromatic carbocycles. The van der Waals surface area contributed by atoms with Crippen LogP contribution in [0.15, 0.2) is 16.5 Å². The number of carbonyl (C=O) groups excluding carboxylic acids is 2. The molecule has 2 heterocycles. The molecule has 1 aromatic heterocycles. The summed E-state index contributed by atoms with van der Waals surface area (Å²) in [4.78, 5) is 23.1. The first-order chi connectivity index (χ1) is 9.99. The SMILES string of the molecule is COc1cc(C2CC(=O)NC(=O)C2)cc2c(C)c(C)oc12. The van der Waals surface area contributed by atoms with Crippen molar-refractivity contribution in [2.24, 2.45) is 0 Å². The topological polar surface area (TPSA) is 68.5 Å². The fraction of sp³-hybridized carbons (Fsp3) is 0.375. The lowest BCUT2D eigenvalue weighted by Crippen LogP contribution is -2.37. The van der Waals surface area contributed by atoms with E-state index >= 15 is 0 Å². The highest BCUT2D eigenvalue weighted by Crippen LogP contribution is 2.37. The van der Waals surface area contributed by atoms with Crippen LogP contribution in [0.4, 0.5) is 0 Å². The largest absolute Gasteiger partial charge is 0.493 e. The van der Waals surface area contributed by atoms with Crippen LogP contribution in [0.2, 0.25) is 0 Å². The Morgan fingerprint density at radius 3 is 2.48 bits per heavy atom. The zero-order chi connectivity index (χ0) is 15.1. The summed E-state index contributed by atoms with van der Waals surface area (Å²) in [7, 11) is 1.59. The predicted octanol–water partition coefficient (Wildman–Crippen LogP) is 2.58. The van der Waals surface area contributed by atoms with E-state index in [1.807, 2.05) is 26.0 Å². The van der Waals surface area contributed by atoms with E-state index in [9.17, 15) is 9.59 Å². The van der Waals surface area contributed by atoms with Gasteiger partial charge in [0, 0.05) is 24.1 Å². The molecule has 1 aliphatic heterocycles. The third-order valence-electron chi connectivity index (χ3n) is 4.10. The lowest BCUT2D eigenvalue weighted by Gasteiger charge is -2.21. The van der Waals surface area contributed by atoms with Gasteiger partial charge in [-0.1, -0.05) is 0 Å². The Morgan fingerprint density at radius 2 is 1.86 bits per heavy atom. The Labute approximate surface area is 122 Å². The molecule has 2 aromatic rings. The van der Waals surface area contributed by atoms with Gasteiger partial charge in [0.1, 0.15) is 5.76 Å². The molecule has 0 aliphatic carbocycles. The minimum Gasteiger partial charge on any atom is -0.493 e. The number of benzene rings is 1. The van der Waals surface area contributed by atoms with E-state index in [0.717, 1.165) is 22.3 Å². The smallest absolute Gasteiger partial charge is 0.227 e. The number of ether oxygens (including phenoxy) is 1. The normalized spacial score (nSPS) is 16.3. The van der Waals surface area contributed by atoms with Crippen molar-refractivity contribution in [3.63, 3.8) is 0 Å². The molecule has 1 N–H and O–H groups in total. The van der Waals surface area contributed by atoms with E-state index in [1.165, 1.54) is 0 Å². The fourth-order valence-electron chi connectivity index (χ4n) is 2.83. The molecule has 0 bridgehead atoms. The van der Waals surface area contributed by atoms with E-state index < -0.39 is 0 Å². The highest BCUT2D eigenvalue weighted by atomic mass is 16.5. The van der Waals surface area contributed by atoms with Gasteiger partial charge in [-0.05, 0) is 37.1 Å². The number of carbonyl (C=O) groups is 2. The third-order valence-corrected chi connectivity index (χ3v) is 4.10. The summed E-state index contributed by atoms with van der Waals surface area (Å²) in [5.41, 5.74) is 2.70. The Kier molecular flexibility index (Phi) is 3.20. The molecule has 1 fully saturated rings. The summed E-state index contributed by atoms with van der Waals surface area (Å²) in [6.07, 6.45) is 0.632. The van der Waals surface area contributed by atoms with Gasteiger partial charge in [-0.3, -0.25) is 14.9 Å². The van der Waals surface area contributed by atoms with E-state index in [-0.39, 0.29) is 17.7 Å². The number of hydrogen-bond donors (Lipinski definition) is 1. The second kappa shape index (κ2) is 4.91. The number of methoxy groups -OCH3 is 1. The van der Waals surface area contributed by atoms with Crippen LogP contribution >= 0.6 is 0 Å². The molecule has 1 aliphatic rings. The molecule has 0 atom stereocenters. The summed E-state index contributed by atoms with van der Waals surface area (Å²) in [5, 5.41) is 3.31. The number of furan rings is 1. The van der Waals surface area contributed by atoms with Gasteiger partial charge in [-0.2, -0.15) is 0 Å². The van der Waals surface area contributed by atoms with Crippen LogP contribution in [0.25, 0.3) is 11.0 Å². The zero-order valence-corrected chi connectivity index (χ0v) is 12.3. The summed E-state index contributed by atoms with van der Waals surface area (Å²) >= 11 is 0. The molecule has 0 spiro atoms. The maximum Gasteiger partial charge on any atom is 0.227 e. The van der Waals surface area contributed by atoms with Gasteiger partial charge in [0.05, 0.1) is 7.11 Å². The Balaban J connectivity index is 2.12. The van der Waals surface area contributed by atoms with Crippen molar-refractivity contribution in [3.05, 3.63) is 29.0 Å². The van der Waals surface area contributed by atoms with Crippen LogP contribution < -0.4 is 10.1 Å². The Morgan fingerprint density at radius 1 is 1.19 bits per heavy atom. The maximum absolute atomic E-state index is 11.6. The Hall–Kier alpha value is -2.30. The number of rotatable bonds is 2. The summed E-state index contributed by atoms with van der Waals surface area (Å²) in [6.45, 7) is 3.90. The molecule has 2 amide bonds. The van der Waals surface area contributed by atoms with Gasteiger partial charge in [0.25, 0.3) is 0 Å². The standard InChI is InChI=1S/C16H17NO4/c1-8-9(2)21-16-12(8)4-10(5-13(16)20-3)11-6-14(18)17-15(19)7-11/h4-5,11H,6-7H2,1-3H3,(H,17,18,19). The quantitative estimate of drug-likeness (QED) is 0.862. The number of amides is 2. The van der Waals surface area contributed by atoms with Crippen LogP contribution in [-0.4, -0.2) is 18.9 Å². The summed E-state index contributed by atoms with van der Waals surface area (Å²) in [5.74, 6) is 0.917. The van der Waals surface area contributed by atoms with Crippen molar-refractivity contribution in [2.75, 3.05) is 7.11 Å². The molecular formula is C16H17NO4. The molecule has 110 valence electrons. The van der Waals surface area contributed by atoms with Crippen LogP contribution in [0.3, 0.4) is 0 Å². The van der Waals surface area contributed by atoms with Gasteiger partial charge in [0.15, 0.2) is 11.3 Å². The number of nitrogens with one attached hydrogen (secondary N) is 1. The first-order valence-corrected chi connectivity index (χ1v) is 6.90. The van der Waals surface area contributed by atoms with Crippen molar-refractivity contribution >= 4 is 22.8 Å². The average molecular weight is 287 g/mol. The highest BCUT2D eigenvalue weighted by Gasteiger charge is 2.27. The number of aryl methyl sites for hydroxylation is 2. The number of imide groups is 1. The summed E-state index contributed by atoms with van der Waals surface area (Å²) < 4.78 is 11.1. The van der Waals surface area contributed by atoms with Crippen molar-refractivity contribution < 1.29 is 18.7 Å². The second-order valence-electron chi connectivity index (χ2n) is 5.46. The molecule has 0 saturated carbocycles. The minimum atomic E-state index is -0.226. The number of hydrogen-bond acceptors (Lipinski definition) is 4. The van der Waals surface area contributed by atoms with E-state index in [2.05, 4.69) is 5.32 Å². The molecule has 3 rings (SSSR count). The lowest BCUT2D eigenvalue weighted by atomic mass is 9.88. The molecular weight excluding hydrogens is 270 g/mol. The van der Waals surface area contributed by atoms with Gasteiger partial charge in [-0.25, -0.2) is 0 Å². The van der Waals surface area contributed by atoms with Gasteiger partial charge < -0.3 is 9.15 Å². The zero-order valence-electron chi connectivity index (χ0n) is 12.3. The Bertz CT molecular complexity index is 728. The number of piperidine rings is 1. The van der Waals surface area contributed by atoms with Crippen LogP contribution in [-0.2, 0) is 9.59 Å². The molecule has 1 saturated heterocycles. The van der Waals surface area contributed by atoms with Gasteiger partial charge >= 0.3 is 0 Å². The van der Waals surface area contributed by atoms with Crippen LogP contribution in [0, 0.1) is 13.8 Å². The highest BCUT2D eigenvalue weighted by molar-refractivity contribution is 5.99.